The number of nitrogens with one attached hydrogen (secondary N) is 1. The SMILES string of the molecule is CCN(CC)S(=O)(=O)c1cc(NC(=O)CCOc2ccccc2F)ccc1C. The maximum Gasteiger partial charge on any atom is 0.243 e. The lowest BCUT2D eigenvalue weighted by Gasteiger charge is -2.20. The van der Waals surface area contributed by atoms with Gasteiger partial charge in [-0.2, -0.15) is 4.31 Å². The number of carbonyl (C=O) groups excluding carboxylic acids is 1. The fourth-order valence-corrected chi connectivity index (χ4v) is 4.41. The highest BCUT2D eigenvalue weighted by atomic mass is 32.2. The quantitative estimate of drug-likeness (QED) is 0.688. The molecule has 6 nitrogen and oxygen atoms in total. The molecule has 0 fully saturated rings. The van der Waals surface area contributed by atoms with Crippen molar-refractivity contribution in [1.29, 1.82) is 0 Å². The topological polar surface area (TPSA) is 75.7 Å². The van der Waals surface area contributed by atoms with Crippen LogP contribution in [0.1, 0.15) is 25.8 Å². The lowest BCUT2D eigenvalue weighted by Crippen LogP contribution is -2.31. The molecule has 0 spiro atoms. The lowest BCUT2D eigenvalue weighted by molar-refractivity contribution is -0.116. The summed E-state index contributed by atoms with van der Waals surface area (Å²) in [4.78, 5) is 12.3. The Hall–Kier alpha value is -2.45. The Morgan fingerprint density at radius 3 is 2.46 bits per heavy atom. The van der Waals surface area contributed by atoms with Gasteiger partial charge in [0.2, 0.25) is 15.9 Å². The number of nitrogens with zero attached hydrogens (tertiary/aromatic N) is 1. The number of para-hydroxylation sites is 1. The number of aryl methyl sites for hydroxylation is 1. The minimum Gasteiger partial charge on any atom is -0.490 e. The Bertz CT molecular complexity index is 928. The second kappa shape index (κ2) is 9.66. The van der Waals surface area contributed by atoms with E-state index in [9.17, 15) is 17.6 Å². The molecule has 0 aliphatic heterocycles. The zero-order valence-electron chi connectivity index (χ0n) is 16.2. The van der Waals surface area contributed by atoms with Gasteiger partial charge in [0.1, 0.15) is 0 Å². The molecule has 28 heavy (non-hydrogen) atoms. The van der Waals surface area contributed by atoms with Gasteiger partial charge in [-0.1, -0.05) is 32.0 Å². The Morgan fingerprint density at radius 2 is 1.82 bits per heavy atom. The van der Waals surface area contributed by atoms with Crippen LogP contribution in [0.5, 0.6) is 5.75 Å². The number of amides is 1. The molecule has 0 saturated carbocycles. The molecule has 2 aromatic carbocycles. The van der Waals surface area contributed by atoms with Gasteiger partial charge in [0.05, 0.1) is 17.9 Å². The lowest BCUT2D eigenvalue weighted by atomic mass is 10.2. The molecule has 1 N–H and O–H groups in total. The number of benzene rings is 2. The number of anilines is 1. The fourth-order valence-electron chi connectivity index (χ4n) is 2.70. The summed E-state index contributed by atoms with van der Waals surface area (Å²) in [6, 6.07) is 10.7. The highest BCUT2D eigenvalue weighted by Crippen LogP contribution is 2.24. The first kappa shape index (κ1) is 21.8. The van der Waals surface area contributed by atoms with E-state index in [0.717, 1.165) is 0 Å². The molecule has 0 aliphatic rings. The van der Waals surface area contributed by atoms with Crippen molar-refractivity contribution in [2.45, 2.75) is 32.1 Å². The second-order valence-corrected chi connectivity index (χ2v) is 8.05. The molecule has 8 heteroatoms. The number of halogens is 1. The third-order valence-corrected chi connectivity index (χ3v) is 6.41. The van der Waals surface area contributed by atoms with Gasteiger partial charge in [0.25, 0.3) is 0 Å². The number of rotatable bonds is 9. The first-order chi connectivity index (χ1) is 13.3. The van der Waals surface area contributed by atoms with Gasteiger partial charge in [-0.3, -0.25) is 4.79 Å². The molecule has 0 radical (unpaired) electrons. The molecular formula is C20H25FN2O4S. The van der Waals surface area contributed by atoms with Crippen molar-refractivity contribution in [3.63, 3.8) is 0 Å². The van der Waals surface area contributed by atoms with Crippen LogP contribution in [0.2, 0.25) is 0 Å². The van der Waals surface area contributed by atoms with Crippen LogP contribution >= 0.6 is 0 Å². The van der Waals surface area contributed by atoms with Gasteiger partial charge < -0.3 is 10.1 Å². The van der Waals surface area contributed by atoms with Crippen molar-refractivity contribution in [3.8, 4) is 5.75 Å². The van der Waals surface area contributed by atoms with E-state index < -0.39 is 15.8 Å². The molecule has 0 aromatic heterocycles. The summed E-state index contributed by atoms with van der Waals surface area (Å²) in [6.45, 7) is 5.99. The number of hydrogen-bond donors (Lipinski definition) is 1. The van der Waals surface area contributed by atoms with Crippen LogP contribution in [-0.2, 0) is 14.8 Å². The third-order valence-electron chi connectivity index (χ3n) is 4.22. The van der Waals surface area contributed by atoms with Gasteiger partial charge in [0, 0.05) is 18.8 Å². The van der Waals surface area contributed by atoms with E-state index in [0.29, 0.717) is 24.3 Å². The highest BCUT2D eigenvalue weighted by Gasteiger charge is 2.24. The van der Waals surface area contributed by atoms with Gasteiger partial charge in [0.15, 0.2) is 11.6 Å². The summed E-state index contributed by atoms with van der Waals surface area (Å²) >= 11 is 0. The predicted octanol–water partition coefficient (Wildman–Crippen LogP) is 3.57. The molecule has 1 amide bonds. The van der Waals surface area contributed by atoms with Crippen LogP contribution in [0.15, 0.2) is 47.4 Å². The Kier molecular flexibility index (Phi) is 7.53. The summed E-state index contributed by atoms with van der Waals surface area (Å²) in [5, 5.41) is 2.66. The van der Waals surface area contributed by atoms with Gasteiger partial charge in [-0.25, -0.2) is 12.8 Å². The maximum absolute atomic E-state index is 13.5. The summed E-state index contributed by atoms with van der Waals surface area (Å²) < 4.78 is 45.7. The first-order valence-corrected chi connectivity index (χ1v) is 10.5. The summed E-state index contributed by atoms with van der Waals surface area (Å²) in [5.74, 6) is -0.766. The van der Waals surface area contributed by atoms with E-state index >= 15 is 0 Å². The number of sulfonamides is 1. The minimum atomic E-state index is -3.63. The van der Waals surface area contributed by atoms with Crippen molar-refractivity contribution >= 4 is 21.6 Å². The predicted molar refractivity (Wildman–Crippen MR) is 106 cm³/mol. The Balaban J connectivity index is 2.04. The van der Waals surface area contributed by atoms with E-state index in [1.165, 1.54) is 22.5 Å². The smallest absolute Gasteiger partial charge is 0.243 e. The van der Waals surface area contributed by atoms with Crippen molar-refractivity contribution in [1.82, 2.24) is 4.31 Å². The third kappa shape index (κ3) is 5.30. The fraction of sp³-hybridized carbons (Fsp3) is 0.350. The van der Waals surface area contributed by atoms with Crippen molar-refractivity contribution < 1.29 is 22.3 Å². The molecular weight excluding hydrogens is 383 g/mol. The van der Waals surface area contributed by atoms with E-state index in [1.54, 1.807) is 45.0 Å². The largest absolute Gasteiger partial charge is 0.490 e. The number of ether oxygens (including phenoxy) is 1. The van der Waals surface area contributed by atoms with Gasteiger partial charge in [-0.15, -0.1) is 0 Å². The van der Waals surface area contributed by atoms with Crippen LogP contribution in [0.3, 0.4) is 0 Å². The van der Waals surface area contributed by atoms with E-state index in [2.05, 4.69) is 5.32 Å². The zero-order chi connectivity index (χ0) is 20.7. The van der Waals surface area contributed by atoms with Crippen LogP contribution in [0.25, 0.3) is 0 Å². The number of hydrogen-bond acceptors (Lipinski definition) is 4. The number of carbonyl (C=O) groups is 1. The van der Waals surface area contributed by atoms with Crippen LogP contribution < -0.4 is 10.1 Å². The average Bonchev–Trinajstić information content (AvgIpc) is 2.65. The standard InChI is InChI=1S/C20H25FN2O4S/c1-4-23(5-2)28(25,26)19-14-16(11-10-15(19)3)22-20(24)12-13-27-18-9-7-6-8-17(18)21/h6-11,14H,4-5,12-13H2,1-3H3,(H,22,24). The Morgan fingerprint density at radius 1 is 1.14 bits per heavy atom. The molecule has 2 rings (SSSR count). The van der Waals surface area contributed by atoms with E-state index in [-0.39, 0.29) is 29.6 Å². The molecule has 0 saturated heterocycles. The molecule has 0 bridgehead atoms. The monoisotopic (exact) mass is 408 g/mol. The van der Waals surface area contributed by atoms with Crippen molar-refractivity contribution in [2.24, 2.45) is 0 Å². The Labute approximate surface area is 165 Å². The average molecular weight is 408 g/mol. The van der Waals surface area contributed by atoms with Gasteiger partial charge in [-0.05, 0) is 36.8 Å². The van der Waals surface area contributed by atoms with Crippen LogP contribution in [0, 0.1) is 12.7 Å². The molecule has 0 aliphatic carbocycles. The van der Waals surface area contributed by atoms with Crippen molar-refractivity contribution in [3.05, 3.63) is 53.8 Å². The zero-order valence-corrected chi connectivity index (χ0v) is 17.1. The molecule has 0 heterocycles. The molecule has 0 unspecified atom stereocenters. The minimum absolute atomic E-state index is 0.000336. The van der Waals surface area contributed by atoms with E-state index in [4.69, 9.17) is 4.74 Å². The van der Waals surface area contributed by atoms with Crippen LogP contribution in [-0.4, -0.2) is 38.3 Å². The summed E-state index contributed by atoms with van der Waals surface area (Å²) in [7, 11) is -3.63. The summed E-state index contributed by atoms with van der Waals surface area (Å²) in [6.07, 6.45) is 0.000336. The molecule has 0 atom stereocenters. The normalized spacial score (nSPS) is 11.5. The second-order valence-electron chi connectivity index (χ2n) is 6.15. The van der Waals surface area contributed by atoms with Gasteiger partial charge >= 0.3 is 0 Å². The highest BCUT2D eigenvalue weighted by molar-refractivity contribution is 7.89. The van der Waals surface area contributed by atoms with E-state index in [1.807, 2.05) is 0 Å². The maximum atomic E-state index is 13.5. The van der Waals surface area contributed by atoms with Crippen molar-refractivity contribution in [2.75, 3.05) is 25.0 Å². The van der Waals surface area contributed by atoms with Crippen LogP contribution in [0.4, 0.5) is 10.1 Å². The summed E-state index contributed by atoms with van der Waals surface area (Å²) in [5.41, 5.74) is 0.986. The molecule has 2 aromatic rings. The molecule has 152 valence electrons. The first-order valence-electron chi connectivity index (χ1n) is 9.07.